The van der Waals surface area contributed by atoms with E-state index in [-0.39, 0.29) is 5.91 Å². The third-order valence-corrected chi connectivity index (χ3v) is 5.16. The Morgan fingerprint density at radius 2 is 2.30 bits per heavy atom. The molecule has 5 nitrogen and oxygen atoms in total. The number of thiophene rings is 1. The first-order valence-corrected chi connectivity index (χ1v) is 8.71. The van der Waals surface area contributed by atoms with E-state index in [1.165, 1.54) is 11.3 Å². The molecule has 1 heterocycles. The van der Waals surface area contributed by atoms with Crippen molar-refractivity contribution in [2.45, 2.75) is 30.2 Å². The molecule has 1 aromatic rings. The summed E-state index contributed by atoms with van der Waals surface area (Å²) in [4.78, 5) is 13.7. The van der Waals surface area contributed by atoms with Crippen LogP contribution in [0.25, 0.3) is 0 Å². The van der Waals surface area contributed by atoms with Gasteiger partial charge in [0.1, 0.15) is 9.88 Å². The number of rotatable bonds is 8. The first-order chi connectivity index (χ1) is 9.67. The Labute approximate surface area is 127 Å². The molecular formula is C13H21N3O2S2. The number of nitrogen functional groups attached to an aromatic ring is 1. The molecule has 1 aliphatic rings. The number of carbonyl (C=O) groups excluding carboxylic acids is 1. The van der Waals surface area contributed by atoms with Crippen molar-refractivity contribution in [3.63, 3.8) is 0 Å². The number of ether oxygens (including phenoxy) is 1. The highest BCUT2D eigenvalue weighted by molar-refractivity contribution is 7.99. The van der Waals surface area contributed by atoms with E-state index in [1.807, 2.05) is 6.26 Å². The Balaban J connectivity index is 2.04. The van der Waals surface area contributed by atoms with Gasteiger partial charge in [-0.05, 0) is 25.5 Å². The Morgan fingerprint density at radius 1 is 1.55 bits per heavy atom. The number of carbonyl (C=O) groups is 1. The average Bonchev–Trinajstić information content (AvgIpc) is 3.18. The van der Waals surface area contributed by atoms with Crippen molar-refractivity contribution in [2.24, 2.45) is 0 Å². The third kappa shape index (κ3) is 3.80. The zero-order valence-electron chi connectivity index (χ0n) is 11.8. The molecule has 0 atom stereocenters. The molecule has 0 aromatic carbocycles. The standard InChI is InChI=1S/C13H21N3O2S2/c1-18-7-3-6-15-13-11(19-2)9(14)10(20-13)12(17)16-8-4-5-8/h8,15H,3-7,14H2,1-2H3,(H,16,17). The van der Waals surface area contributed by atoms with Crippen LogP contribution in [0.5, 0.6) is 0 Å². The number of methoxy groups -OCH3 is 1. The van der Waals surface area contributed by atoms with Crippen LogP contribution in [-0.4, -0.2) is 38.5 Å². The zero-order chi connectivity index (χ0) is 14.5. The van der Waals surface area contributed by atoms with Gasteiger partial charge in [-0.15, -0.1) is 23.1 Å². The minimum Gasteiger partial charge on any atom is -0.396 e. The molecule has 2 rings (SSSR count). The van der Waals surface area contributed by atoms with Crippen molar-refractivity contribution in [3.05, 3.63) is 4.88 Å². The normalized spacial score (nSPS) is 14.3. The highest BCUT2D eigenvalue weighted by Gasteiger charge is 2.27. The summed E-state index contributed by atoms with van der Waals surface area (Å²) >= 11 is 3.01. The summed E-state index contributed by atoms with van der Waals surface area (Å²) in [5.41, 5.74) is 6.70. The van der Waals surface area contributed by atoms with Crippen molar-refractivity contribution < 1.29 is 9.53 Å². The minimum absolute atomic E-state index is 0.0461. The third-order valence-electron chi connectivity index (χ3n) is 3.03. The average molecular weight is 315 g/mol. The van der Waals surface area contributed by atoms with Crippen LogP contribution >= 0.6 is 23.1 Å². The monoisotopic (exact) mass is 315 g/mol. The van der Waals surface area contributed by atoms with Crippen molar-refractivity contribution in [1.82, 2.24) is 5.32 Å². The number of nitrogens with two attached hydrogens (primary N) is 1. The lowest BCUT2D eigenvalue weighted by molar-refractivity contribution is 0.0956. The van der Waals surface area contributed by atoms with Crippen LogP contribution in [-0.2, 0) is 4.74 Å². The Morgan fingerprint density at radius 3 is 2.90 bits per heavy atom. The lowest BCUT2D eigenvalue weighted by atomic mass is 10.3. The number of thioether (sulfide) groups is 1. The number of nitrogens with one attached hydrogen (secondary N) is 2. The molecule has 0 radical (unpaired) electrons. The van der Waals surface area contributed by atoms with Gasteiger partial charge in [0.05, 0.1) is 10.6 Å². The van der Waals surface area contributed by atoms with Crippen LogP contribution in [0.15, 0.2) is 4.90 Å². The molecule has 7 heteroatoms. The second kappa shape index (κ2) is 7.19. The van der Waals surface area contributed by atoms with Gasteiger partial charge in [-0.3, -0.25) is 4.79 Å². The van der Waals surface area contributed by atoms with E-state index in [1.54, 1.807) is 18.9 Å². The zero-order valence-corrected chi connectivity index (χ0v) is 13.5. The maximum Gasteiger partial charge on any atom is 0.263 e. The lowest BCUT2D eigenvalue weighted by Gasteiger charge is -2.05. The van der Waals surface area contributed by atoms with Gasteiger partial charge in [-0.2, -0.15) is 0 Å². The number of hydrogen-bond acceptors (Lipinski definition) is 6. The molecule has 0 aliphatic heterocycles. The Bertz CT molecular complexity index is 472. The summed E-state index contributed by atoms with van der Waals surface area (Å²) in [6.45, 7) is 1.53. The fourth-order valence-corrected chi connectivity index (χ4v) is 3.78. The van der Waals surface area contributed by atoms with E-state index in [0.717, 1.165) is 42.3 Å². The molecule has 1 saturated carbocycles. The summed E-state index contributed by atoms with van der Waals surface area (Å²) in [5.74, 6) is -0.0461. The van der Waals surface area contributed by atoms with Crippen molar-refractivity contribution >= 4 is 39.7 Å². The predicted octanol–water partition coefficient (Wildman–Crippen LogP) is 2.39. The second-order valence-electron chi connectivity index (χ2n) is 4.73. The van der Waals surface area contributed by atoms with Crippen LogP contribution in [0.2, 0.25) is 0 Å². The molecule has 1 fully saturated rings. The lowest BCUT2D eigenvalue weighted by Crippen LogP contribution is -2.25. The Hall–Kier alpha value is -0.920. The van der Waals surface area contributed by atoms with Gasteiger partial charge in [0.2, 0.25) is 0 Å². The SMILES string of the molecule is COCCCNc1sc(C(=O)NC2CC2)c(N)c1SC. The topological polar surface area (TPSA) is 76.4 Å². The van der Waals surface area contributed by atoms with E-state index in [0.29, 0.717) is 16.6 Å². The van der Waals surface area contributed by atoms with E-state index in [2.05, 4.69) is 10.6 Å². The van der Waals surface area contributed by atoms with Gasteiger partial charge in [-0.25, -0.2) is 0 Å². The van der Waals surface area contributed by atoms with Crippen molar-refractivity contribution in [2.75, 3.05) is 37.6 Å². The number of amides is 1. The summed E-state index contributed by atoms with van der Waals surface area (Å²) in [7, 11) is 1.69. The number of hydrogen-bond donors (Lipinski definition) is 3. The van der Waals surface area contributed by atoms with E-state index in [4.69, 9.17) is 10.5 Å². The van der Waals surface area contributed by atoms with Gasteiger partial charge < -0.3 is 21.1 Å². The quantitative estimate of drug-likeness (QED) is 0.507. The van der Waals surface area contributed by atoms with Crippen LogP contribution in [0.4, 0.5) is 10.7 Å². The van der Waals surface area contributed by atoms with E-state index in [9.17, 15) is 4.79 Å². The molecule has 0 spiro atoms. The molecule has 1 aromatic heterocycles. The van der Waals surface area contributed by atoms with Gasteiger partial charge >= 0.3 is 0 Å². The molecule has 112 valence electrons. The molecule has 0 unspecified atom stereocenters. The van der Waals surface area contributed by atoms with Crippen molar-refractivity contribution in [1.29, 1.82) is 0 Å². The highest BCUT2D eigenvalue weighted by Crippen LogP contribution is 2.41. The van der Waals surface area contributed by atoms with Gasteiger partial charge in [0.15, 0.2) is 0 Å². The smallest absolute Gasteiger partial charge is 0.263 e. The maximum absolute atomic E-state index is 12.1. The molecular weight excluding hydrogens is 294 g/mol. The molecule has 20 heavy (non-hydrogen) atoms. The first-order valence-electron chi connectivity index (χ1n) is 6.67. The van der Waals surface area contributed by atoms with E-state index >= 15 is 0 Å². The maximum atomic E-state index is 12.1. The van der Waals surface area contributed by atoms with Crippen LogP contribution in [0.1, 0.15) is 28.9 Å². The van der Waals surface area contributed by atoms with Crippen LogP contribution in [0.3, 0.4) is 0 Å². The number of anilines is 2. The van der Waals surface area contributed by atoms with Crippen molar-refractivity contribution in [3.8, 4) is 0 Å². The highest BCUT2D eigenvalue weighted by atomic mass is 32.2. The molecule has 0 saturated heterocycles. The fourth-order valence-electron chi connectivity index (χ4n) is 1.81. The summed E-state index contributed by atoms with van der Waals surface area (Å²) in [6, 6.07) is 0.347. The molecule has 4 N–H and O–H groups in total. The minimum atomic E-state index is -0.0461. The first kappa shape index (κ1) is 15.5. The Kier molecular flexibility index (Phi) is 5.56. The molecule has 1 amide bonds. The predicted molar refractivity (Wildman–Crippen MR) is 86.0 cm³/mol. The largest absolute Gasteiger partial charge is 0.396 e. The van der Waals surface area contributed by atoms with E-state index < -0.39 is 0 Å². The van der Waals surface area contributed by atoms with Gasteiger partial charge in [-0.1, -0.05) is 0 Å². The van der Waals surface area contributed by atoms with Crippen LogP contribution in [0, 0.1) is 0 Å². The summed E-state index contributed by atoms with van der Waals surface area (Å²) < 4.78 is 5.02. The second-order valence-corrected chi connectivity index (χ2v) is 6.57. The van der Waals surface area contributed by atoms with Crippen LogP contribution < -0.4 is 16.4 Å². The summed E-state index contributed by atoms with van der Waals surface area (Å²) in [6.07, 6.45) is 5.05. The molecule has 0 bridgehead atoms. The molecule has 1 aliphatic carbocycles. The fraction of sp³-hybridized carbons (Fsp3) is 0.615. The summed E-state index contributed by atoms with van der Waals surface area (Å²) in [5, 5.41) is 7.31. The van der Waals surface area contributed by atoms with Gasteiger partial charge in [0.25, 0.3) is 5.91 Å². The van der Waals surface area contributed by atoms with Gasteiger partial charge in [0, 0.05) is 26.3 Å².